The van der Waals surface area contributed by atoms with Gasteiger partial charge in [0.1, 0.15) is 5.75 Å². The topological polar surface area (TPSA) is 45.2 Å². The van der Waals surface area contributed by atoms with E-state index in [1.54, 1.807) is 7.11 Å². The van der Waals surface area contributed by atoms with Gasteiger partial charge in [-0.25, -0.2) is 0 Å². The Morgan fingerprint density at radius 3 is 2.36 bits per heavy atom. The molecule has 2 aromatic rings. The number of nitrogens with zero attached hydrogens (tertiary/aromatic N) is 2. The summed E-state index contributed by atoms with van der Waals surface area (Å²) in [5, 5.41) is 12.4. The zero-order valence-electron chi connectivity index (χ0n) is 14.4. The Labute approximate surface area is 159 Å². The molecule has 0 bridgehead atoms. The van der Waals surface area contributed by atoms with E-state index in [9.17, 15) is 5.11 Å². The number of ether oxygens (including phenoxy) is 2. The van der Waals surface area contributed by atoms with Gasteiger partial charge in [-0.05, 0) is 0 Å². The monoisotopic (exact) mass is 512 g/mol. The van der Waals surface area contributed by atoms with Gasteiger partial charge >= 0.3 is 124 Å². The second-order valence-corrected chi connectivity index (χ2v) is 6.98. The molecule has 134 valence electrons. The van der Waals surface area contributed by atoms with Crippen LogP contribution in [0.25, 0.3) is 10.8 Å². The minimum absolute atomic E-state index is 0.292. The van der Waals surface area contributed by atoms with Gasteiger partial charge in [0.25, 0.3) is 0 Å². The van der Waals surface area contributed by atoms with Gasteiger partial charge in [-0.3, -0.25) is 0 Å². The molecule has 0 aromatic heterocycles. The second kappa shape index (κ2) is 8.90. The first kappa shape index (κ1) is 18.5. The van der Waals surface area contributed by atoms with Gasteiger partial charge in [-0.1, -0.05) is 18.2 Å². The fourth-order valence-corrected chi connectivity index (χ4v) is 3.89. The number of piperazine rings is 1. The van der Waals surface area contributed by atoms with Crippen LogP contribution in [0.5, 0.6) is 11.5 Å². The Kier molecular flexibility index (Phi) is 6.60. The predicted molar refractivity (Wildman–Crippen MR) is 96.1 cm³/mol. The van der Waals surface area contributed by atoms with E-state index in [0.717, 1.165) is 48.5 Å². The first-order valence-corrected chi connectivity index (χ1v) is 10.2. The van der Waals surface area contributed by atoms with Crippen LogP contribution in [0, 0.1) is 0 Å². The SMILES string of the molecule is COc1ccc(OCC(O)CN2CCN([CH]=[W])CC2)c2ccccc12. The summed E-state index contributed by atoms with van der Waals surface area (Å²) in [4.78, 5) is 4.65. The van der Waals surface area contributed by atoms with Crippen molar-refractivity contribution in [3.05, 3.63) is 36.4 Å². The molecule has 1 atom stereocenters. The molecule has 2 aromatic carbocycles. The molecule has 0 aliphatic carbocycles. The van der Waals surface area contributed by atoms with Gasteiger partial charge in [0.2, 0.25) is 0 Å². The van der Waals surface area contributed by atoms with Crippen LogP contribution in [0.15, 0.2) is 36.4 Å². The Bertz CT molecular complexity index is 717. The second-order valence-electron chi connectivity index (χ2n) is 6.22. The van der Waals surface area contributed by atoms with Crippen molar-refractivity contribution < 1.29 is 33.9 Å². The molecule has 6 heteroatoms. The maximum absolute atomic E-state index is 10.4. The molecule has 1 saturated heterocycles. The number of β-amino-alcohol motifs (C(OH)–C–C–N with tert-alkyl or cyclic N) is 1. The molecule has 1 N–H and O–H groups in total. The van der Waals surface area contributed by atoms with Crippen molar-refractivity contribution >= 4 is 15.3 Å². The molecule has 1 heterocycles. The molecule has 3 rings (SSSR count). The number of hydrogen-bond donors (Lipinski definition) is 1. The summed E-state index contributed by atoms with van der Waals surface area (Å²) in [6, 6.07) is 11.8. The summed E-state index contributed by atoms with van der Waals surface area (Å²) in [6.07, 6.45) is -0.497. The predicted octanol–water partition coefficient (Wildman–Crippen LogP) is 1.51. The zero-order chi connectivity index (χ0) is 17.6. The summed E-state index contributed by atoms with van der Waals surface area (Å²) in [5.74, 6) is 1.61. The minimum atomic E-state index is -0.497. The number of benzene rings is 2. The molecule has 0 spiro atoms. The molecule has 0 amide bonds. The molecule has 0 radical (unpaired) electrons. The summed E-state index contributed by atoms with van der Waals surface area (Å²) < 4.78 is 13.5. The van der Waals surface area contributed by atoms with Crippen LogP contribution in [0.1, 0.15) is 0 Å². The van der Waals surface area contributed by atoms with E-state index in [-0.39, 0.29) is 0 Å². The maximum atomic E-state index is 10.4. The Morgan fingerprint density at radius 2 is 1.72 bits per heavy atom. The van der Waals surface area contributed by atoms with Gasteiger partial charge in [0.05, 0.1) is 7.11 Å². The summed E-state index contributed by atoms with van der Waals surface area (Å²) >= 11 is 1.49. The number of fused-ring (bicyclic) bond motifs is 1. The summed E-state index contributed by atoms with van der Waals surface area (Å²) in [5.41, 5.74) is 0. The van der Waals surface area contributed by atoms with Crippen LogP contribution in [0.4, 0.5) is 0 Å². The van der Waals surface area contributed by atoms with Crippen LogP contribution < -0.4 is 9.47 Å². The molecular formula is C19H24N2O3W. The molecular weight excluding hydrogens is 488 g/mol. The standard InChI is InChI=1S/C19H24N2O3.W/c1-20-9-11-21(12-10-20)13-15(22)14-24-19-8-7-18(23-2)16-5-3-4-6-17(16)19;/h1,3-8,15,22H,9-14H2,2H3;. The van der Waals surface area contributed by atoms with Crippen LogP contribution in [0.2, 0.25) is 0 Å². The van der Waals surface area contributed by atoms with Crippen LogP contribution in [-0.4, -0.2) is 72.0 Å². The van der Waals surface area contributed by atoms with E-state index in [1.807, 2.05) is 36.4 Å². The fourth-order valence-electron chi connectivity index (χ4n) is 3.14. The normalized spacial score (nSPS) is 17.4. The van der Waals surface area contributed by atoms with Gasteiger partial charge in [0.15, 0.2) is 0 Å². The fraction of sp³-hybridized carbons (Fsp3) is 0.421. The van der Waals surface area contributed by atoms with Gasteiger partial charge in [0, 0.05) is 0 Å². The van der Waals surface area contributed by atoms with E-state index in [2.05, 4.69) is 14.3 Å². The number of methoxy groups -OCH3 is 1. The first-order chi connectivity index (χ1) is 12.2. The molecule has 25 heavy (non-hydrogen) atoms. The summed E-state index contributed by atoms with van der Waals surface area (Å²) in [7, 11) is 1.67. The molecule has 1 aliphatic heterocycles. The summed E-state index contributed by atoms with van der Waals surface area (Å²) in [6.45, 7) is 5.01. The number of rotatable bonds is 7. The van der Waals surface area contributed by atoms with Crippen molar-refractivity contribution in [3.8, 4) is 11.5 Å². The molecule has 1 fully saturated rings. The van der Waals surface area contributed by atoms with Crippen molar-refractivity contribution in [2.45, 2.75) is 6.10 Å². The smallest absolute Gasteiger partial charge is 0.0615 e. The van der Waals surface area contributed by atoms with Crippen LogP contribution in [-0.2, 0) is 19.4 Å². The van der Waals surface area contributed by atoms with Crippen molar-refractivity contribution in [1.29, 1.82) is 0 Å². The third kappa shape index (κ3) is 4.67. The minimum Gasteiger partial charge on any atom is -0.0615 e. The van der Waals surface area contributed by atoms with E-state index in [1.165, 1.54) is 19.4 Å². The van der Waals surface area contributed by atoms with Crippen LogP contribution >= 0.6 is 0 Å². The van der Waals surface area contributed by atoms with Crippen molar-refractivity contribution in [1.82, 2.24) is 9.80 Å². The van der Waals surface area contributed by atoms with Crippen molar-refractivity contribution in [3.63, 3.8) is 0 Å². The zero-order valence-corrected chi connectivity index (χ0v) is 17.4. The average molecular weight is 512 g/mol. The third-order valence-electron chi connectivity index (χ3n) is 4.52. The molecule has 0 saturated carbocycles. The van der Waals surface area contributed by atoms with Gasteiger partial charge in [-0.2, -0.15) is 0 Å². The van der Waals surface area contributed by atoms with Crippen molar-refractivity contribution in [2.75, 3.05) is 46.4 Å². The molecule has 1 unspecified atom stereocenters. The average Bonchev–Trinajstić information content (AvgIpc) is 2.66. The Balaban J connectivity index is 1.58. The molecule has 1 aliphatic rings. The number of hydrogen-bond acceptors (Lipinski definition) is 5. The Hall–Kier alpha value is -1.26. The third-order valence-corrected chi connectivity index (χ3v) is 5.59. The van der Waals surface area contributed by atoms with E-state index >= 15 is 0 Å². The van der Waals surface area contributed by atoms with Crippen molar-refractivity contribution in [2.24, 2.45) is 0 Å². The van der Waals surface area contributed by atoms with Gasteiger partial charge in [-0.15, -0.1) is 0 Å². The van der Waals surface area contributed by atoms with Gasteiger partial charge < -0.3 is 4.74 Å². The van der Waals surface area contributed by atoms with E-state index < -0.39 is 6.10 Å². The molecule has 5 nitrogen and oxygen atoms in total. The van der Waals surface area contributed by atoms with E-state index in [4.69, 9.17) is 9.47 Å². The first-order valence-electron chi connectivity index (χ1n) is 8.49. The number of aliphatic hydroxyl groups excluding tert-OH is 1. The quantitative estimate of drug-likeness (QED) is 0.610. The number of aliphatic hydroxyl groups is 1. The van der Waals surface area contributed by atoms with E-state index in [0.29, 0.717) is 13.2 Å². The van der Waals surface area contributed by atoms with Crippen LogP contribution in [0.3, 0.4) is 0 Å². The Morgan fingerprint density at radius 1 is 1.08 bits per heavy atom.